The zero-order valence-electron chi connectivity index (χ0n) is 12.7. The van der Waals surface area contributed by atoms with Gasteiger partial charge in [-0.15, -0.1) is 0 Å². The van der Waals surface area contributed by atoms with Crippen molar-refractivity contribution < 1.29 is 4.79 Å². The Morgan fingerprint density at radius 2 is 2.09 bits per heavy atom. The lowest BCUT2D eigenvalue weighted by Gasteiger charge is -2.13. The molecule has 0 saturated heterocycles. The Labute approximate surface area is 143 Å². The van der Waals surface area contributed by atoms with E-state index in [2.05, 4.69) is 15.5 Å². The maximum atomic E-state index is 12.3. The molecule has 3 rings (SSSR count). The van der Waals surface area contributed by atoms with E-state index >= 15 is 0 Å². The standard InChI is InChI=1S/C15H15Cl2N5O/c1-9-8-18-21(2)14(9)15(23)19-13-5-6-22(20-13)10-3-4-11(16)12(17)7-10/h3-4,7-8H,5-6H2,1-2H3,(H,19,20,23). The number of aromatic nitrogens is 2. The van der Waals surface area contributed by atoms with Gasteiger partial charge in [-0.2, -0.15) is 10.2 Å². The fourth-order valence-electron chi connectivity index (χ4n) is 2.44. The third-order valence-corrected chi connectivity index (χ3v) is 4.34. The highest BCUT2D eigenvalue weighted by atomic mass is 35.5. The lowest BCUT2D eigenvalue weighted by atomic mass is 10.2. The molecule has 2 heterocycles. The average Bonchev–Trinajstić information content (AvgIpc) is 3.09. The number of amidine groups is 1. The summed E-state index contributed by atoms with van der Waals surface area (Å²) in [5.74, 6) is 0.402. The van der Waals surface area contributed by atoms with Crippen LogP contribution in [-0.2, 0) is 7.05 Å². The van der Waals surface area contributed by atoms with Crippen molar-refractivity contribution in [2.45, 2.75) is 13.3 Å². The third-order valence-electron chi connectivity index (χ3n) is 3.60. The molecule has 1 aliphatic heterocycles. The molecule has 0 unspecified atom stereocenters. The van der Waals surface area contributed by atoms with Crippen LogP contribution in [0.4, 0.5) is 5.69 Å². The fourth-order valence-corrected chi connectivity index (χ4v) is 2.73. The number of anilines is 1. The highest BCUT2D eigenvalue weighted by molar-refractivity contribution is 6.42. The predicted molar refractivity (Wildman–Crippen MR) is 91.3 cm³/mol. The molecule has 1 aliphatic rings. The number of halogens is 2. The molecule has 120 valence electrons. The van der Waals surface area contributed by atoms with E-state index in [1.54, 1.807) is 35.1 Å². The second kappa shape index (κ2) is 6.22. The molecule has 0 saturated carbocycles. The zero-order chi connectivity index (χ0) is 16.6. The zero-order valence-corrected chi connectivity index (χ0v) is 14.2. The maximum Gasteiger partial charge on any atom is 0.275 e. The van der Waals surface area contributed by atoms with E-state index in [0.717, 1.165) is 11.3 Å². The van der Waals surface area contributed by atoms with Crippen LogP contribution in [0.3, 0.4) is 0 Å². The van der Waals surface area contributed by atoms with Gasteiger partial charge in [0.2, 0.25) is 0 Å². The van der Waals surface area contributed by atoms with Crippen molar-refractivity contribution in [3.05, 3.63) is 45.7 Å². The van der Waals surface area contributed by atoms with Gasteiger partial charge in [0.1, 0.15) is 11.5 Å². The summed E-state index contributed by atoms with van der Waals surface area (Å²) in [5.41, 5.74) is 2.19. The molecule has 2 aromatic rings. The van der Waals surface area contributed by atoms with E-state index in [4.69, 9.17) is 23.2 Å². The minimum absolute atomic E-state index is 0.211. The number of nitrogens with one attached hydrogen (secondary N) is 1. The Morgan fingerprint density at radius 1 is 1.30 bits per heavy atom. The molecule has 0 aliphatic carbocycles. The molecule has 0 atom stereocenters. The second-order valence-electron chi connectivity index (χ2n) is 5.27. The van der Waals surface area contributed by atoms with Crippen molar-refractivity contribution in [1.82, 2.24) is 15.1 Å². The van der Waals surface area contributed by atoms with Crippen LogP contribution in [0.15, 0.2) is 29.5 Å². The van der Waals surface area contributed by atoms with Crippen LogP contribution in [0, 0.1) is 6.92 Å². The predicted octanol–water partition coefficient (Wildman–Crippen LogP) is 2.99. The number of carbonyl (C=O) groups is 1. The summed E-state index contributed by atoms with van der Waals surface area (Å²) < 4.78 is 1.55. The van der Waals surface area contributed by atoms with Crippen LogP contribution in [0.25, 0.3) is 0 Å². The van der Waals surface area contributed by atoms with E-state index < -0.39 is 0 Å². The summed E-state index contributed by atoms with van der Waals surface area (Å²) in [6.07, 6.45) is 2.30. The molecule has 1 amide bonds. The van der Waals surface area contributed by atoms with E-state index in [-0.39, 0.29) is 5.91 Å². The van der Waals surface area contributed by atoms with Crippen LogP contribution in [0.5, 0.6) is 0 Å². The van der Waals surface area contributed by atoms with Gasteiger partial charge in [-0.1, -0.05) is 23.2 Å². The Kier molecular flexibility index (Phi) is 4.28. The summed E-state index contributed by atoms with van der Waals surface area (Å²) in [5, 5.41) is 14.1. The van der Waals surface area contributed by atoms with Crippen LogP contribution in [0.2, 0.25) is 10.0 Å². The highest BCUT2D eigenvalue weighted by Crippen LogP contribution is 2.28. The van der Waals surface area contributed by atoms with E-state index in [9.17, 15) is 4.79 Å². The molecule has 0 spiro atoms. The minimum Gasteiger partial charge on any atom is -0.307 e. The molecule has 1 aromatic carbocycles. The summed E-state index contributed by atoms with van der Waals surface area (Å²) in [7, 11) is 1.74. The summed E-state index contributed by atoms with van der Waals surface area (Å²) in [6.45, 7) is 2.51. The van der Waals surface area contributed by atoms with Crippen LogP contribution >= 0.6 is 23.2 Å². The Hall–Kier alpha value is -2.05. The Morgan fingerprint density at radius 3 is 2.74 bits per heavy atom. The number of rotatable bonds is 2. The molecule has 0 radical (unpaired) electrons. The number of hydrazone groups is 1. The Bertz CT molecular complexity index is 780. The van der Waals surface area contributed by atoms with Gasteiger partial charge in [0, 0.05) is 20.0 Å². The van der Waals surface area contributed by atoms with Gasteiger partial charge in [0.25, 0.3) is 5.91 Å². The van der Waals surface area contributed by atoms with Crippen molar-refractivity contribution >= 4 is 40.6 Å². The number of amides is 1. The van der Waals surface area contributed by atoms with Crippen molar-refractivity contribution in [3.8, 4) is 0 Å². The normalized spacial score (nSPS) is 14.1. The minimum atomic E-state index is -0.211. The van der Waals surface area contributed by atoms with Gasteiger partial charge in [0.15, 0.2) is 0 Å². The van der Waals surface area contributed by atoms with Crippen molar-refractivity contribution in [2.75, 3.05) is 11.6 Å². The molecule has 1 aromatic heterocycles. The molecule has 23 heavy (non-hydrogen) atoms. The molecule has 0 bridgehead atoms. The molecular weight excluding hydrogens is 337 g/mol. The number of hydrogen-bond donors (Lipinski definition) is 1. The summed E-state index contributed by atoms with van der Waals surface area (Å²) >= 11 is 11.9. The van der Waals surface area contributed by atoms with Gasteiger partial charge in [0.05, 0.1) is 21.9 Å². The van der Waals surface area contributed by atoms with E-state index in [1.165, 1.54) is 0 Å². The summed E-state index contributed by atoms with van der Waals surface area (Å²) in [6, 6.07) is 5.32. The smallest absolute Gasteiger partial charge is 0.275 e. The van der Waals surface area contributed by atoms with Crippen molar-refractivity contribution in [1.29, 1.82) is 0 Å². The highest BCUT2D eigenvalue weighted by Gasteiger charge is 2.21. The first-order valence-electron chi connectivity index (χ1n) is 7.05. The van der Waals surface area contributed by atoms with Crippen LogP contribution in [-0.4, -0.2) is 28.1 Å². The van der Waals surface area contributed by atoms with Crippen molar-refractivity contribution in [3.63, 3.8) is 0 Å². The van der Waals surface area contributed by atoms with Gasteiger partial charge in [-0.3, -0.25) is 14.5 Å². The summed E-state index contributed by atoms with van der Waals surface area (Å²) in [4.78, 5) is 12.3. The van der Waals surface area contributed by atoms with Gasteiger partial charge in [-0.05, 0) is 30.7 Å². The molecule has 0 fully saturated rings. The largest absolute Gasteiger partial charge is 0.307 e. The van der Waals surface area contributed by atoms with Gasteiger partial charge < -0.3 is 5.32 Å². The van der Waals surface area contributed by atoms with Crippen molar-refractivity contribution in [2.24, 2.45) is 12.1 Å². The number of carbonyl (C=O) groups excluding carboxylic acids is 1. The number of benzene rings is 1. The Balaban J connectivity index is 1.75. The monoisotopic (exact) mass is 351 g/mol. The first-order chi connectivity index (χ1) is 11.0. The lowest BCUT2D eigenvalue weighted by Crippen LogP contribution is -2.31. The fraction of sp³-hybridized carbons (Fsp3) is 0.267. The van der Waals surface area contributed by atoms with Crippen LogP contribution < -0.4 is 10.3 Å². The molecule has 6 nitrogen and oxygen atoms in total. The molecule has 8 heteroatoms. The first-order valence-corrected chi connectivity index (χ1v) is 7.81. The third kappa shape index (κ3) is 3.18. The first kappa shape index (κ1) is 15.8. The topological polar surface area (TPSA) is 62.5 Å². The number of nitrogens with zero attached hydrogens (tertiary/aromatic N) is 4. The SMILES string of the molecule is Cc1cnn(C)c1C(=O)NC1=NN(c2ccc(Cl)c(Cl)c2)CC1. The average molecular weight is 352 g/mol. The van der Waals surface area contributed by atoms with E-state index in [1.807, 2.05) is 13.0 Å². The van der Waals surface area contributed by atoms with Gasteiger partial charge >= 0.3 is 0 Å². The van der Waals surface area contributed by atoms with E-state index in [0.29, 0.717) is 34.5 Å². The molecular formula is C15H15Cl2N5O. The number of hydrogen-bond acceptors (Lipinski definition) is 4. The quantitative estimate of drug-likeness (QED) is 0.904. The maximum absolute atomic E-state index is 12.3. The number of aryl methyl sites for hydroxylation is 2. The van der Waals surface area contributed by atoms with Crippen LogP contribution in [0.1, 0.15) is 22.5 Å². The van der Waals surface area contributed by atoms with Gasteiger partial charge in [-0.25, -0.2) is 0 Å². The second-order valence-corrected chi connectivity index (χ2v) is 6.09. The lowest BCUT2D eigenvalue weighted by molar-refractivity contribution is 0.0967. The molecule has 1 N–H and O–H groups in total.